The molecule has 0 saturated heterocycles. The second-order valence-corrected chi connectivity index (χ2v) is 7.09. The Kier molecular flexibility index (Phi) is 4.41. The maximum absolute atomic E-state index is 11.9. The lowest BCUT2D eigenvalue weighted by Crippen LogP contribution is -2.06. The van der Waals surface area contributed by atoms with Gasteiger partial charge < -0.3 is 15.5 Å². The van der Waals surface area contributed by atoms with Crippen LogP contribution in [0.4, 0.5) is 5.69 Å². The quantitative estimate of drug-likeness (QED) is 0.501. The molecule has 26 heavy (non-hydrogen) atoms. The van der Waals surface area contributed by atoms with Crippen molar-refractivity contribution in [3.8, 4) is 11.3 Å². The maximum atomic E-state index is 11.9. The van der Waals surface area contributed by atoms with Crippen molar-refractivity contribution in [1.82, 2.24) is 4.98 Å². The fraction of sp³-hybridized carbons (Fsp3) is 0.318. The minimum atomic E-state index is -0.318. The maximum Gasteiger partial charge on any atom is 0.337 e. The summed E-state index contributed by atoms with van der Waals surface area (Å²) < 4.78 is 4.87. The van der Waals surface area contributed by atoms with Crippen LogP contribution in [0.25, 0.3) is 22.2 Å². The third kappa shape index (κ3) is 2.85. The molecule has 0 amide bonds. The standard InChI is InChI=1S/C22H24N2O2/c1-26-22(25)15-11-12-17-19(13-15)24-21(16-9-5-6-10-18(16)23)20(17)14-7-3-2-4-8-14/h5-6,9-14,24H,2-4,7-8,23H2,1H3. The van der Waals surface area contributed by atoms with E-state index in [0.29, 0.717) is 11.5 Å². The molecular weight excluding hydrogens is 324 g/mol. The van der Waals surface area contributed by atoms with Gasteiger partial charge in [-0.25, -0.2) is 4.79 Å². The monoisotopic (exact) mass is 348 g/mol. The van der Waals surface area contributed by atoms with Crippen LogP contribution in [0.3, 0.4) is 0 Å². The van der Waals surface area contributed by atoms with Crippen molar-refractivity contribution >= 4 is 22.6 Å². The van der Waals surface area contributed by atoms with Crippen molar-refractivity contribution in [1.29, 1.82) is 0 Å². The predicted octanol–water partition coefficient (Wildman–Crippen LogP) is 5.25. The van der Waals surface area contributed by atoms with Gasteiger partial charge in [0.15, 0.2) is 0 Å². The number of para-hydroxylation sites is 1. The van der Waals surface area contributed by atoms with Crippen molar-refractivity contribution in [3.63, 3.8) is 0 Å². The Labute approximate surface area is 153 Å². The van der Waals surface area contributed by atoms with Crippen LogP contribution >= 0.6 is 0 Å². The third-order valence-corrected chi connectivity index (χ3v) is 5.50. The first-order chi connectivity index (χ1) is 12.7. The summed E-state index contributed by atoms with van der Waals surface area (Å²) in [6.07, 6.45) is 6.24. The number of fused-ring (bicyclic) bond motifs is 1. The van der Waals surface area contributed by atoms with E-state index in [-0.39, 0.29) is 5.97 Å². The number of aromatic nitrogens is 1. The first-order valence-corrected chi connectivity index (χ1v) is 9.28. The second-order valence-electron chi connectivity index (χ2n) is 7.09. The molecule has 1 aliphatic carbocycles. The normalized spacial score (nSPS) is 15.3. The number of benzene rings is 2. The summed E-state index contributed by atoms with van der Waals surface area (Å²) in [6.45, 7) is 0. The molecule has 0 atom stereocenters. The second kappa shape index (κ2) is 6.87. The Morgan fingerprint density at radius 1 is 1.12 bits per heavy atom. The lowest BCUT2D eigenvalue weighted by molar-refractivity contribution is 0.0601. The van der Waals surface area contributed by atoms with Gasteiger partial charge in [-0.3, -0.25) is 0 Å². The molecule has 3 N–H and O–H groups in total. The van der Waals surface area contributed by atoms with Gasteiger partial charge in [0.05, 0.1) is 18.4 Å². The number of methoxy groups -OCH3 is 1. The van der Waals surface area contributed by atoms with Crippen LogP contribution in [0.2, 0.25) is 0 Å². The molecule has 1 heterocycles. The molecule has 1 aromatic heterocycles. The first kappa shape index (κ1) is 16.7. The van der Waals surface area contributed by atoms with Gasteiger partial charge in [0.25, 0.3) is 0 Å². The Morgan fingerprint density at radius 3 is 2.62 bits per heavy atom. The molecule has 0 unspecified atom stereocenters. The number of carbonyl (C=O) groups excluding carboxylic acids is 1. The molecular formula is C22H24N2O2. The molecule has 134 valence electrons. The van der Waals surface area contributed by atoms with Gasteiger partial charge in [-0.1, -0.05) is 43.5 Å². The summed E-state index contributed by atoms with van der Waals surface area (Å²) in [5.74, 6) is 0.206. The topological polar surface area (TPSA) is 68.1 Å². The number of esters is 1. The van der Waals surface area contributed by atoms with E-state index in [1.807, 2.05) is 36.4 Å². The molecule has 4 nitrogen and oxygen atoms in total. The molecule has 1 fully saturated rings. The van der Waals surface area contributed by atoms with Gasteiger partial charge in [-0.15, -0.1) is 0 Å². The highest BCUT2D eigenvalue weighted by Gasteiger charge is 2.24. The van der Waals surface area contributed by atoms with Gasteiger partial charge >= 0.3 is 5.97 Å². The highest BCUT2D eigenvalue weighted by Crippen LogP contribution is 2.43. The lowest BCUT2D eigenvalue weighted by atomic mass is 9.81. The smallest absolute Gasteiger partial charge is 0.337 e. The minimum absolute atomic E-state index is 0.318. The van der Waals surface area contributed by atoms with E-state index in [1.54, 1.807) is 0 Å². The van der Waals surface area contributed by atoms with Crippen molar-refractivity contribution in [2.45, 2.75) is 38.0 Å². The van der Waals surface area contributed by atoms with E-state index in [9.17, 15) is 4.79 Å². The van der Waals surface area contributed by atoms with Crippen LogP contribution in [-0.2, 0) is 4.74 Å². The number of carbonyl (C=O) groups is 1. The number of ether oxygens (including phenoxy) is 1. The number of nitrogen functional groups attached to an aromatic ring is 1. The molecule has 2 aromatic carbocycles. The van der Waals surface area contributed by atoms with Gasteiger partial charge in [0, 0.05) is 22.2 Å². The number of anilines is 1. The highest BCUT2D eigenvalue weighted by molar-refractivity contribution is 5.98. The van der Waals surface area contributed by atoms with Gasteiger partial charge in [0.2, 0.25) is 0 Å². The van der Waals surface area contributed by atoms with E-state index >= 15 is 0 Å². The predicted molar refractivity (Wildman–Crippen MR) is 105 cm³/mol. The van der Waals surface area contributed by atoms with Crippen LogP contribution in [-0.4, -0.2) is 18.1 Å². The van der Waals surface area contributed by atoms with Gasteiger partial charge in [-0.2, -0.15) is 0 Å². The summed E-state index contributed by atoms with van der Waals surface area (Å²) >= 11 is 0. The average Bonchev–Trinajstić information content (AvgIpc) is 3.06. The SMILES string of the molecule is COC(=O)c1ccc2c(C3CCCCC3)c(-c3ccccc3N)[nH]c2c1. The summed E-state index contributed by atoms with van der Waals surface area (Å²) in [5.41, 5.74) is 12.0. The van der Waals surface area contributed by atoms with Crippen molar-refractivity contribution in [3.05, 3.63) is 53.6 Å². The molecule has 1 saturated carbocycles. The van der Waals surface area contributed by atoms with Crippen molar-refractivity contribution in [2.24, 2.45) is 0 Å². The summed E-state index contributed by atoms with van der Waals surface area (Å²) in [4.78, 5) is 15.5. The van der Waals surface area contributed by atoms with E-state index in [0.717, 1.165) is 22.5 Å². The minimum Gasteiger partial charge on any atom is -0.465 e. The number of nitrogens with two attached hydrogens (primary N) is 1. The molecule has 1 aliphatic rings. The van der Waals surface area contributed by atoms with Gasteiger partial charge in [-0.05, 0) is 42.5 Å². The number of nitrogens with one attached hydrogen (secondary N) is 1. The Bertz CT molecular complexity index is 952. The third-order valence-electron chi connectivity index (χ3n) is 5.50. The summed E-state index contributed by atoms with van der Waals surface area (Å²) in [6, 6.07) is 13.8. The summed E-state index contributed by atoms with van der Waals surface area (Å²) in [7, 11) is 1.41. The fourth-order valence-electron chi connectivity index (χ4n) is 4.22. The Morgan fingerprint density at radius 2 is 1.88 bits per heavy atom. The fourth-order valence-corrected chi connectivity index (χ4v) is 4.22. The molecule has 4 heteroatoms. The zero-order valence-corrected chi connectivity index (χ0v) is 15.0. The number of aromatic amines is 1. The van der Waals surface area contributed by atoms with E-state index in [4.69, 9.17) is 10.5 Å². The van der Waals surface area contributed by atoms with E-state index < -0.39 is 0 Å². The average molecular weight is 348 g/mol. The molecule has 0 aliphatic heterocycles. The van der Waals surface area contributed by atoms with Crippen LogP contribution in [0.1, 0.15) is 53.9 Å². The number of H-pyrrole nitrogens is 1. The summed E-state index contributed by atoms with van der Waals surface area (Å²) in [5, 5.41) is 1.18. The lowest BCUT2D eigenvalue weighted by Gasteiger charge is -2.23. The van der Waals surface area contributed by atoms with Crippen LogP contribution in [0.15, 0.2) is 42.5 Å². The van der Waals surface area contributed by atoms with Crippen molar-refractivity contribution < 1.29 is 9.53 Å². The van der Waals surface area contributed by atoms with Crippen LogP contribution < -0.4 is 5.73 Å². The molecule has 0 radical (unpaired) electrons. The Hall–Kier alpha value is -2.75. The number of hydrogen-bond acceptors (Lipinski definition) is 3. The van der Waals surface area contributed by atoms with Crippen LogP contribution in [0, 0.1) is 0 Å². The Balaban J connectivity index is 1.93. The highest BCUT2D eigenvalue weighted by atomic mass is 16.5. The van der Waals surface area contributed by atoms with E-state index in [2.05, 4.69) is 11.1 Å². The molecule has 0 spiro atoms. The molecule has 0 bridgehead atoms. The van der Waals surface area contributed by atoms with Crippen molar-refractivity contribution in [2.75, 3.05) is 12.8 Å². The zero-order valence-electron chi connectivity index (χ0n) is 15.0. The number of hydrogen-bond donors (Lipinski definition) is 2. The molecule has 3 aromatic rings. The first-order valence-electron chi connectivity index (χ1n) is 9.28. The van der Waals surface area contributed by atoms with E-state index in [1.165, 1.54) is 50.2 Å². The van der Waals surface area contributed by atoms with Crippen LogP contribution in [0.5, 0.6) is 0 Å². The zero-order chi connectivity index (χ0) is 18.1. The number of rotatable bonds is 3. The largest absolute Gasteiger partial charge is 0.465 e. The molecule has 4 rings (SSSR count). The van der Waals surface area contributed by atoms with Gasteiger partial charge in [0.1, 0.15) is 0 Å².